The molecule has 0 spiro atoms. The van der Waals surface area contributed by atoms with Crippen LogP contribution in [-0.2, 0) is 6.42 Å². The summed E-state index contributed by atoms with van der Waals surface area (Å²) in [4.78, 5) is 35.1. The van der Waals surface area contributed by atoms with Crippen molar-refractivity contribution in [1.82, 2.24) is 50.0 Å². The molecule has 16 nitrogen and oxygen atoms in total. The van der Waals surface area contributed by atoms with E-state index < -0.39 is 24.3 Å². The number of carbonyl (C=O) groups is 1. The normalized spacial score (nSPS) is 21.4. The van der Waals surface area contributed by atoms with Gasteiger partial charge in [-0.3, -0.25) is 4.98 Å². The Kier molecular flexibility index (Phi) is 9.60. The van der Waals surface area contributed by atoms with Gasteiger partial charge in [0.2, 0.25) is 5.95 Å². The van der Waals surface area contributed by atoms with E-state index in [1.807, 2.05) is 52.8 Å². The van der Waals surface area contributed by atoms with Gasteiger partial charge in [-0.15, -0.1) is 10.2 Å². The average Bonchev–Trinajstić information content (AvgIpc) is 4.00. The number of hydrogen-bond acceptors (Lipinski definition) is 12. The van der Waals surface area contributed by atoms with Gasteiger partial charge in [-0.1, -0.05) is 67.6 Å². The Morgan fingerprint density at radius 3 is 2.36 bits per heavy atom. The number of amides is 2. The van der Waals surface area contributed by atoms with Crippen molar-refractivity contribution in [3.63, 3.8) is 0 Å². The van der Waals surface area contributed by atoms with E-state index in [0.717, 1.165) is 11.1 Å². The van der Waals surface area contributed by atoms with Gasteiger partial charge >= 0.3 is 6.03 Å². The van der Waals surface area contributed by atoms with E-state index in [0.29, 0.717) is 73.3 Å². The summed E-state index contributed by atoms with van der Waals surface area (Å²) in [5.41, 5.74) is 4.02. The Labute approximate surface area is 305 Å². The van der Waals surface area contributed by atoms with E-state index in [-0.39, 0.29) is 18.0 Å². The second-order valence-corrected chi connectivity index (χ2v) is 13.4. The summed E-state index contributed by atoms with van der Waals surface area (Å²) in [5, 5.41) is 44.7. The first-order valence-electron chi connectivity index (χ1n) is 17.9. The number of imidazole rings is 1. The number of anilines is 3. The Morgan fingerprint density at radius 1 is 0.943 bits per heavy atom. The van der Waals surface area contributed by atoms with Gasteiger partial charge in [0.05, 0.1) is 12.4 Å². The van der Waals surface area contributed by atoms with Gasteiger partial charge in [-0.25, -0.2) is 9.78 Å². The van der Waals surface area contributed by atoms with Gasteiger partial charge < -0.3 is 35.6 Å². The zero-order chi connectivity index (χ0) is 36.3. The summed E-state index contributed by atoms with van der Waals surface area (Å²) in [6.45, 7) is 3.56. The first kappa shape index (κ1) is 34.1. The second-order valence-electron chi connectivity index (χ2n) is 13.4. The van der Waals surface area contributed by atoms with Crippen molar-refractivity contribution in [2.75, 3.05) is 35.2 Å². The van der Waals surface area contributed by atoms with Crippen molar-refractivity contribution in [1.29, 1.82) is 0 Å². The lowest BCUT2D eigenvalue weighted by atomic mass is 9.91. The zero-order valence-corrected chi connectivity index (χ0v) is 29.1. The number of urea groups is 1. The first-order valence-corrected chi connectivity index (χ1v) is 17.9. The van der Waals surface area contributed by atoms with E-state index >= 15 is 0 Å². The highest BCUT2D eigenvalue weighted by molar-refractivity contribution is 5.89. The fourth-order valence-electron chi connectivity index (χ4n) is 7.29. The minimum atomic E-state index is -1.14. The van der Waals surface area contributed by atoms with Gasteiger partial charge in [0.25, 0.3) is 0 Å². The molecule has 1 aliphatic heterocycles. The predicted octanol–water partition coefficient (Wildman–Crippen LogP) is 3.32. The molecule has 16 heteroatoms. The highest BCUT2D eigenvalue weighted by Gasteiger charge is 2.45. The van der Waals surface area contributed by atoms with Crippen LogP contribution in [0.5, 0.6) is 0 Å². The maximum atomic E-state index is 12.8. The Morgan fingerprint density at radius 2 is 1.66 bits per heavy atom. The van der Waals surface area contributed by atoms with Gasteiger partial charge in [0.15, 0.2) is 22.8 Å². The summed E-state index contributed by atoms with van der Waals surface area (Å²) in [6.07, 6.45) is 4.26. The standard InChI is InChI=1S/C37H41N13O3/c1-2-30-45-47-50(46-30)29-19-28(32(51)33(29)52)49-22-40-31-34(39-20-27(23-9-5-3-6-10-23)24-11-7-4-8-12-24)43-36(44-35(31)49)48-18-15-26(21-48)42-37(53)41-25-13-16-38-17-14-25/h3-14,16-17,22,26-29,32-33,51-52H,2,15,18-21H2,1H3,(H,39,43,44)(H2,38,41,42,53)/t26-,28+,29-,32-,33+/m0/s1. The van der Waals surface area contributed by atoms with Crippen LogP contribution >= 0.6 is 0 Å². The van der Waals surface area contributed by atoms with Gasteiger partial charge in [0.1, 0.15) is 18.2 Å². The smallest absolute Gasteiger partial charge is 0.319 e. The number of nitrogens with zero attached hydrogens (tertiary/aromatic N) is 10. The number of nitrogens with one attached hydrogen (secondary N) is 3. The number of pyridine rings is 1. The Bertz CT molecular complexity index is 2110. The van der Waals surface area contributed by atoms with Crippen molar-refractivity contribution in [3.8, 4) is 0 Å². The molecular formula is C37H41N13O3. The third-order valence-electron chi connectivity index (χ3n) is 10.1. The fraction of sp³-hybridized carbons (Fsp3) is 0.351. The topological polar surface area (TPSA) is 197 Å². The number of tetrazole rings is 1. The lowest BCUT2D eigenvalue weighted by molar-refractivity contribution is 0.00473. The monoisotopic (exact) mass is 715 g/mol. The highest BCUT2D eigenvalue weighted by Crippen LogP contribution is 2.40. The van der Waals surface area contributed by atoms with Crippen molar-refractivity contribution in [3.05, 3.63) is 108 Å². The number of aliphatic hydroxyl groups excluding tert-OH is 2. The number of aliphatic hydroxyl groups is 2. The molecule has 1 saturated carbocycles. The minimum absolute atomic E-state index is 0.0166. The molecule has 2 aliphatic rings. The molecule has 272 valence electrons. The van der Waals surface area contributed by atoms with E-state index in [2.05, 4.69) is 60.6 Å². The fourth-order valence-corrected chi connectivity index (χ4v) is 7.29. The van der Waals surface area contributed by atoms with Crippen molar-refractivity contribution >= 4 is 34.6 Å². The Hall–Kier alpha value is -6.00. The molecule has 1 aliphatic carbocycles. The third kappa shape index (κ3) is 7.10. The van der Waals surface area contributed by atoms with Crippen LogP contribution < -0.4 is 20.9 Å². The quantitative estimate of drug-likeness (QED) is 0.131. The van der Waals surface area contributed by atoms with Crippen molar-refractivity contribution < 1.29 is 15.0 Å². The minimum Gasteiger partial charge on any atom is -0.388 e. The maximum Gasteiger partial charge on any atom is 0.319 e. The first-order chi connectivity index (χ1) is 25.9. The predicted molar refractivity (Wildman–Crippen MR) is 197 cm³/mol. The second kappa shape index (κ2) is 14.9. The number of fused-ring (bicyclic) bond motifs is 1. The van der Waals surface area contributed by atoms with Crippen LogP contribution in [0.2, 0.25) is 0 Å². The lowest BCUT2D eigenvalue weighted by Crippen LogP contribution is -2.40. The van der Waals surface area contributed by atoms with Crippen LogP contribution in [0, 0.1) is 0 Å². The number of hydrogen-bond donors (Lipinski definition) is 5. The van der Waals surface area contributed by atoms with Gasteiger partial charge in [-0.2, -0.15) is 14.8 Å². The number of aryl methyl sites for hydroxylation is 1. The summed E-state index contributed by atoms with van der Waals surface area (Å²) in [6, 6.07) is 22.5. The van der Waals surface area contributed by atoms with E-state index in [1.54, 1.807) is 30.9 Å². The number of carbonyl (C=O) groups excluding carboxylic acids is 1. The summed E-state index contributed by atoms with van der Waals surface area (Å²) in [7, 11) is 0. The maximum absolute atomic E-state index is 12.8. The van der Waals surface area contributed by atoms with E-state index in [1.165, 1.54) is 4.80 Å². The van der Waals surface area contributed by atoms with E-state index in [9.17, 15) is 15.0 Å². The van der Waals surface area contributed by atoms with E-state index in [4.69, 9.17) is 15.0 Å². The molecule has 1 saturated heterocycles. The molecular weight excluding hydrogens is 674 g/mol. The molecule has 2 aromatic carbocycles. The molecule has 2 fully saturated rings. The largest absolute Gasteiger partial charge is 0.388 e. The van der Waals surface area contributed by atoms with Crippen LogP contribution in [0.3, 0.4) is 0 Å². The van der Waals surface area contributed by atoms with Gasteiger partial charge in [0, 0.05) is 56.1 Å². The average molecular weight is 716 g/mol. The summed E-state index contributed by atoms with van der Waals surface area (Å²) in [5.74, 6) is 1.59. The SMILES string of the molecule is CCc1nnn([C@H]2C[C@@H](n3cnc4c(NCC(c5ccccc5)c5ccccc5)nc(N5CC[C@H](NC(=O)Nc6ccncc6)C5)nc43)[C@H](O)[C@@H]2O)n1. The summed E-state index contributed by atoms with van der Waals surface area (Å²) < 4.78 is 1.82. The molecule has 2 amide bonds. The van der Waals surface area contributed by atoms with Gasteiger partial charge in [-0.05, 0) is 41.3 Å². The number of benzene rings is 2. The number of rotatable bonds is 11. The molecule has 8 rings (SSSR count). The summed E-state index contributed by atoms with van der Waals surface area (Å²) >= 11 is 0. The van der Waals surface area contributed by atoms with Crippen LogP contribution in [0.4, 0.5) is 22.2 Å². The molecule has 5 N–H and O–H groups in total. The van der Waals surface area contributed by atoms with Crippen LogP contribution in [0.1, 0.15) is 54.7 Å². The van der Waals surface area contributed by atoms with Crippen LogP contribution in [-0.4, -0.2) is 98.8 Å². The molecule has 0 bridgehead atoms. The number of aromatic nitrogens is 9. The lowest BCUT2D eigenvalue weighted by Gasteiger charge is -2.22. The molecule has 5 heterocycles. The molecule has 4 aromatic heterocycles. The molecule has 0 radical (unpaired) electrons. The molecule has 53 heavy (non-hydrogen) atoms. The third-order valence-corrected chi connectivity index (χ3v) is 10.1. The molecule has 5 atom stereocenters. The van der Waals surface area contributed by atoms with Crippen molar-refractivity contribution in [2.45, 2.75) is 62.4 Å². The Balaban J connectivity index is 1.10. The van der Waals surface area contributed by atoms with Crippen LogP contribution in [0.25, 0.3) is 11.2 Å². The zero-order valence-electron chi connectivity index (χ0n) is 29.1. The highest BCUT2D eigenvalue weighted by atomic mass is 16.3. The molecule has 0 unspecified atom stereocenters. The van der Waals surface area contributed by atoms with Crippen LogP contribution in [0.15, 0.2) is 91.5 Å². The van der Waals surface area contributed by atoms with Crippen molar-refractivity contribution in [2.24, 2.45) is 0 Å². The molecule has 6 aromatic rings.